The van der Waals surface area contributed by atoms with E-state index < -0.39 is 0 Å². The summed E-state index contributed by atoms with van der Waals surface area (Å²) >= 11 is 0. The van der Waals surface area contributed by atoms with E-state index in [9.17, 15) is 9.59 Å². The molecule has 0 aliphatic heterocycles. The number of benzene rings is 1. The molecule has 0 fully saturated rings. The summed E-state index contributed by atoms with van der Waals surface area (Å²) in [6, 6.07) is 9.99. The van der Waals surface area contributed by atoms with Crippen molar-refractivity contribution in [3.8, 4) is 0 Å². The minimum Gasteiger partial charge on any atom is -0.321 e. The van der Waals surface area contributed by atoms with Gasteiger partial charge >= 0.3 is 0 Å². The van der Waals surface area contributed by atoms with Crippen molar-refractivity contribution in [2.75, 3.05) is 12.4 Å². The molecular formula is C14H14N4O2. The SMILES string of the molecule is CN(N)C(=O)c1ccccc1NC(=O)c1cccnc1. The topological polar surface area (TPSA) is 88.3 Å². The number of nitrogens with two attached hydrogens (primary N) is 1. The van der Waals surface area contributed by atoms with Crippen LogP contribution in [0.3, 0.4) is 0 Å². The Morgan fingerprint density at radius 1 is 1.20 bits per heavy atom. The van der Waals surface area contributed by atoms with Gasteiger partial charge in [0, 0.05) is 19.4 Å². The summed E-state index contributed by atoms with van der Waals surface area (Å²) in [7, 11) is 1.45. The summed E-state index contributed by atoms with van der Waals surface area (Å²) in [6.07, 6.45) is 3.03. The van der Waals surface area contributed by atoms with E-state index in [1.54, 1.807) is 42.6 Å². The Morgan fingerprint density at radius 3 is 2.60 bits per heavy atom. The van der Waals surface area contributed by atoms with E-state index in [-0.39, 0.29) is 11.8 Å². The molecule has 102 valence electrons. The molecular weight excluding hydrogens is 256 g/mol. The van der Waals surface area contributed by atoms with Crippen LogP contribution in [0.4, 0.5) is 5.69 Å². The van der Waals surface area contributed by atoms with E-state index in [1.165, 1.54) is 13.2 Å². The number of rotatable bonds is 3. The van der Waals surface area contributed by atoms with Gasteiger partial charge in [0.15, 0.2) is 0 Å². The zero-order chi connectivity index (χ0) is 14.5. The summed E-state index contributed by atoms with van der Waals surface area (Å²) in [4.78, 5) is 27.8. The maximum Gasteiger partial charge on any atom is 0.269 e. The van der Waals surface area contributed by atoms with Gasteiger partial charge in [-0.25, -0.2) is 5.84 Å². The molecule has 0 atom stereocenters. The number of hydrogen-bond donors (Lipinski definition) is 2. The van der Waals surface area contributed by atoms with Crippen LogP contribution < -0.4 is 11.2 Å². The van der Waals surface area contributed by atoms with Gasteiger partial charge in [-0.1, -0.05) is 12.1 Å². The number of nitrogens with one attached hydrogen (secondary N) is 1. The van der Waals surface area contributed by atoms with Gasteiger partial charge in [-0.2, -0.15) is 0 Å². The molecule has 6 nitrogen and oxygen atoms in total. The molecule has 2 aromatic rings. The van der Waals surface area contributed by atoms with Crippen LogP contribution in [0.2, 0.25) is 0 Å². The Hall–Kier alpha value is -2.73. The molecule has 1 aromatic carbocycles. The van der Waals surface area contributed by atoms with Gasteiger partial charge in [0.2, 0.25) is 0 Å². The second-order valence-corrected chi connectivity index (χ2v) is 4.16. The van der Waals surface area contributed by atoms with Gasteiger partial charge in [0.1, 0.15) is 0 Å². The van der Waals surface area contributed by atoms with Crippen molar-refractivity contribution in [2.24, 2.45) is 5.84 Å². The first-order chi connectivity index (χ1) is 9.59. The fourth-order valence-corrected chi connectivity index (χ4v) is 1.66. The summed E-state index contributed by atoms with van der Waals surface area (Å²) in [6.45, 7) is 0. The molecule has 0 aliphatic rings. The van der Waals surface area contributed by atoms with Crippen molar-refractivity contribution in [3.05, 3.63) is 59.9 Å². The molecule has 20 heavy (non-hydrogen) atoms. The molecule has 0 radical (unpaired) electrons. The molecule has 2 amide bonds. The average Bonchev–Trinajstić information content (AvgIpc) is 2.48. The fourth-order valence-electron chi connectivity index (χ4n) is 1.66. The van der Waals surface area contributed by atoms with Crippen LogP contribution in [0, 0.1) is 0 Å². The lowest BCUT2D eigenvalue weighted by atomic mass is 10.1. The van der Waals surface area contributed by atoms with Crippen molar-refractivity contribution in [1.82, 2.24) is 9.99 Å². The second kappa shape index (κ2) is 5.94. The van der Waals surface area contributed by atoms with Crippen LogP contribution >= 0.6 is 0 Å². The van der Waals surface area contributed by atoms with Gasteiger partial charge in [0.25, 0.3) is 11.8 Å². The third-order valence-corrected chi connectivity index (χ3v) is 2.65. The summed E-state index contributed by atoms with van der Waals surface area (Å²) < 4.78 is 0. The summed E-state index contributed by atoms with van der Waals surface area (Å²) in [5.74, 6) is 4.72. The molecule has 1 heterocycles. The quantitative estimate of drug-likeness (QED) is 0.499. The van der Waals surface area contributed by atoms with E-state index in [0.717, 1.165) is 5.01 Å². The first-order valence-corrected chi connectivity index (χ1v) is 5.93. The van der Waals surface area contributed by atoms with E-state index >= 15 is 0 Å². The zero-order valence-electron chi connectivity index (χ0n) is 10.9. The minimum atomic E-state index is -0.382. The smallest absolute Gasteiger partial charge is 0.269 e. The molecule has 2 rings (SSSR count). The minimum absolute atomic E-state index is 0.328. The standard InChI is InChI=1S/C14H14N4O2/c1-18(15)14(20)11-6-2-3-7-12(11)17-13(19)10-5-4-8-16-9-10/h2-9H,15H2,1H3,(H,17,19). The molecule has 0 saturated heterocycles. The highest BCUT2D eigenvalue weighted by molar-refractivity contribution is 6.08. The summed E-state index contributed by atoms with van der Waals surface area (Å²) in [5, 5.41) is 3.65. The Bertz CT molecular complexity index is 626. The third kappa shape index (κ3) is 2.99. The maximum absolute atomic E-state index is 12.1. The zero-order valence-corrected chi connectivity index (χ0v) is 10.9. The van der Waals surface area contributed by atoms with Crippen molar-refractivity contribution in [1.29, 1.82) is 0 Å². The van der Waals surface area contributed by atoms with Crippen LogP contribution in [0.5, 0.6) is 0 Å². The maximum atomic E-state index is 12.1. The molecule has 0 aliphatic carbocycles. The predicted octanol–water partition coefficient (Wildman–Crippen LogP) is 1.28. The molecule has 0 unspecified atom stereocenters. The lowest BCUT2D eigenvalue weighted by Crippen LogP contribution is -2.33. The fraction of sp³-hybridized carbons (Fsp3) is 0.0714. The van der Waals surface area contributed by atoms with Crippen LogP contribution in [-0.4, -0.2) is 28.9 Å². The lowest BCUT2D eigenvalue weighted by Gasteiger charge is -2.14. The highest BCUT2D eigenvalue weighted by Crippen LogP contribution is 2.17. The average molecular weight is 270 g/mol. The van der Waals surface area contributed by atoms with Gasteiger partial charge in [-0.15, -0.1) is 0 Å². The molecule has 6 heteroatoms. The molecule has 1 aromatic heterocycles. The van der Waals surface area contributed by atoms with E-state index in [0.29, 0.717) is 16.8 Å². The van der Waals surface area contributed by atoms with Crippen LogP contribution in [0.15, 0.2) is 48.8 Å². The Morgan fingerprint density at radius 2 is 1.95 bits per heavy atom. The number of hydrogen-bond acceptors (Lipinski definition) is 4. The number of amides is 2. The number of nitrogens with zero attached hydrogens (tertiary/aromatic N) is 2. The first-order valence-electron chi connectivity index (χ1n) is 5.93. The molecule has 3 N–H and O–H groups in total. The third-order valence-electron chi connectivity index (χ3n) is 2.65. The highest BCUT2D eigenvalue weighted by atomic mass is 16.2. The monoisotopic (exact) mass is 270 g/mol. The van der Waals surface area contributed by atoms with Gasteiger partial charge in [0.05, 0.1) is 16.8 Å². The number of carbonyl (C=O) groups excluding carboxylic acids is 2. The van der Waals surface area contributed by atoms with E-state index in [4.69, 9.17) is 5.84 Å². The van der Waals surface area contributed by atoms with Crippen LogP contribution in [-0.2, 0) is 0 Å². The normalized spacial score (nSPS) is 9.90. The predicted molar refractivity (Wildman–Crippen MR) is 74.9 cm³/mol. The van der Waals surface area contributed by atoms with Gasteiger partial charge in [-0.3, -0.25) is 19.6 Å². The number of pyridine rings is 1. The summed E-state index contributed by atoms with van der Waals surface area (Å²) in [5.41, 5.74) is 1.15. The lowest BCUT2D eigenvalue weighted by molar-refractivity contribution is 0.0796. The van der Waals surface area contributed by atoms with Crippen molar-refractivity contribution in [3.63, 3.8) is 0 Å². The van der Waals surface area contributed by atoms with E-state index in [1.807, 2.05) is 0 Å². The van der Waals surface area contributed by atoms with Crippen molar-refractivity contribution in [2.45, 2.75) is 0 Å². The molecule has 0 bridgehead atoms. The van der Waals surface area contributed by atoms with E-state index in [2.05, 4.69) is 10.3 Å². The number of anilines is 1. The number of carbonyl (C=O) groups is 2. The van der Waals surface area contributed by atoms with Crippen molar-refractivity contribution < 1.29 is 9.59 Å². The second-order valence-electron chi connectivity index (χ2n) is 4.16. The number of hydrazine groups is 1. The Labute approximate surface area is 116 Å². The Kier molecular flexibility index (Phi) is 4.07. The van der Waals surface area contributed by atoms with Gasteiger partial charge in [-0.05, 0) is 24.3 Å². The van der Waals surface area contributed by atoms with Gasteiger partial charge < -0.3 is 5.32 Å². The highest BCUT2D eigenvalue weighted by Gasteiger charge is 2.15. The largest absolute Gasteiger partial charge is 0.321 e. The number of aromatic nitrogens is 1. The Balaban J connectivity index is 2.26. The van der Waals surface area contributed by atoms with Crippen LogP contribution in [0.1, 0.15) is 20.7 Å². The molecule has 0 saturated carbocycles. The number of para-hydroxylation sites is 1. The molecule has 0 spiro atoms. The van der Waals surface area contributed by atoms with Crippen LogP contribution in [0.25, 0.3) is 0 Å². The van der Waals surface area contributed by atoms with Crippen molar-refractivity contribution >= 4 is 17.5 Å². The first kappa shape index (κ1) is 13.7.